The molecule has 0 bridgehead atoms. The number of halogens is 3. The van der Waals surface area contributed by atoms with E-state index in [1.54, 1.807) is 11.0 Å². The summed E-state index contributed by atoms with van der Waals surface area (Å²) >= 11 is 0. The maximum Gasteiger partial charge on any atom is 0.422 e. The smallest absolute Gasteiger partial charge is 0.422 e. The van der Waals surface area contributed by atoms with Crippen LogP contribution in [0.4, 0.5) is 13.2 Å². The van der Waals surface area contributed by atoms with Crippen LogP contribution in [0.25, 0.3) is 0 Å². The Balaban J connectivity index is 2.03. The second kappa shape index (κ2) is 7.00. The third-order valence-corrected chi connectivity index (χ3v) is 3.54. The first-order valence-corrected chi connectivity index (χ1v) is 7.19. The average Bonchev–Trinajstić information content (AvgIpc) is 2.69. The predicted molar refractivity (Wildman–Crippen MR) is 75.7 cm³/mol. The standard InChI is InChI=1S/C15H19F3N2O2/c16-15(17,18)10-22-13-5-1-3-11(9-13)14(21)20-7-2-4-12(19)6-8-20/h1,3,5,9,12H,2,4,6-8,10,19H2. The van der Waals surface area contributed by atoms with Crippen molar-refractivity contribution < 1.29 is 22.7 Å². The molecule has 1 heterocycles. The Morgan fingerprint density at radius 2 is 2.09 bits per heavy atom. The molecule has 2 rings (SSSR count). The van der Waals surface area contributed by atoms with Crippen molar-refractivity contribution in [3.8, 4) is 5.75 Å². The molecule has 122 valence electrons. The fourth-order valence-corrected chi connectivity index (χ4v) is 2.39. The van der Waals surface area contributed by atoms with Crippen molar-refractivity contribution >= 4 is 5.91 Å². The molecule has 1 aromatic carbocycles. The number of ether oxygens (including phenoxy) is 1. The molecule has 1 atom stereocenters. The van der Waals surface area contributed by atoms with Crippen LogP contribution in [-0.4, -0.2) is 42.7 Å². The number of carbonyl (C=O) groups excluding carboxylic acids is 1. The van der Waals surface area contributed by atoms with Gasteiger partial charge in [0.25, 0.3) is 5.91 Å². The van der Waals surface area contributed by atoms with Crippen LogP contribution in [0.2, 0.25) is 0 Å². The van der Waals surface area contributed by atoms with Crippen LogP contribution in [0.15, 0.2) is 24.3 Å². The minimum absolute atomic E-state index is 0.0368. The predicted octanol–water partition coefficient (Wildman–Crippen LogP) is 2.58. The van der Waals surface area contributed by atoms with Gasteiger partial charge in [-0.3, -0.25) is 4.79 Å². The van der Waals surface area contributed by atoms with Crippen molar-refractivity contribution in [2.45, 2.75) is 31.5 Å². The van der Waals surface area contributed by atoms with E-state index in [-0.39, 0.29) is 17.7 Å². The molecule has 4 nitrogen and oxygen atoms in total. The summed E-state index contributed by atoms with van der Waals surface area (Å²) < 4.78 is 41.2. The van der Waals surface area contributed by atoms with E-state index in [4.69, 9.17) is 5.73 Å². The molecule has 1 aromatic rings. The minimum Gasteiger partial charge on any atom is -0.484 e. The van der Waals surface area contributed by atoms with Gasteiger partial charge in [0.1, 0.15) is 5.75 Å². The van der Waals surface area contributed by atoms with Gasteiger partial charge < -0.3 is 15.4 Å². The van der Waals surface area contributed by atoms with Crippen molar-refractivity contribution in [2.75, 3.05) is 19.7 Å². The Hall–Kier alpha value is -1.76. The number of alkyl halides is 3. The normalized spacial score (nSPS) is 19.6. The molecule has 1 unspecified atom stereocenters. The molecular weight excluding hydrogens is 297 g/mol. The molecule has 0 aromatic heterocycles. The van der Waals surface area contributed by atoms with Crippen LogP contribution in [-0.2, 0) is 0 Å². The van der Waals surface area contributed by atoms with Crippen LogP contribution >= 0.6 is 0 Å². The highest BCUT2D eigenvalue weighted by molar-refractivity contribution is 5.94. The average molecular weight is 316 g/mol. The summed E-state index contributed by atoms with van der Waals surface area (Å²) in [6, 6.07) is 5.94. The van der Waals surface area contributed by atoms with Crippen molar-refractivity contribution in [1.82, 2.24) is 4.90 Å². The van der Waals surface area contributed by atoms with E-state index in [1.165, 1.54) is 18.2 Å². The van der Waals surface area contributed by atoms with Crippen molar-refractivity contribution in [2.24, 2.45) is 5.73 Å². The highest BCUT2D eigenvalue weighted by atomic mass is 19.4. The molecule has 1 aliphatic heterocycles. The zero-order valence-electron chi connectivity index (χ0n) is 12.1. The van der Waals surface area contributed by atoms with Gasteiger partial charge in [-0.15, -0.1) is 0 Å². The number of rotatable bonds is 3. The highest BCUT2D eigenvalue weighted by Gasteiger charge is 2.28. The summed E-state index contributed by atoms with van der Waals surface area (Å²) in [5, 5.41) is 0. The van der Waals surface area contributed by atoms with Gasteiger partial charge >= 0.3 is 6.18 Å². The van der Waals surface area contributed by atoms with E-state index >= 15 is 0 Å². The van der Waals surface area contributed by atoms with Crippen LogP contribution in [0, 0.1) is 0 Å². The maximum absolute atomic E-state index is 12.4. The Kier molecular flexibility index (Phi) is 5.28. The summed E-state index contributed by atoms with van der Waals surface area (Å²) in [4.78, 5) is 14.1. The van der Waals surface area contributed by atoms with E-state index in [0.717, 1.165) is 19.3 Å². The zero-order valence-corrected chi connectivity index (χ0v) is 12.1. The lowest BCUT2D eigenvalue weighted by molar-refractivity contribution is -0.153. The van der Waals surface area contributed by atoms with Gasteiger partial charge in [-0.25, -0.2) is 0 Å². The number of benzene rings is 1. The Morgan fingerprint density at radius 1 is 1.32 bits per heavy atom. The molecule has 22 heavy (non-hydrogen) atoms. The molecule has 7 heteroatoms. The first-order valence-electron chi connectivity index (χ1n) is 7.19. The maximum atomic E-state index is 12.4. The van der Waals surface area contributed by atoms with Gasteiger partial charge in [-0.05, 0) is 37.5 Å². The Bertz CT molecular complexity index is 520. The summed E-state index contributed by atoms with van der Waals surface area (Å²) in [6.07, 6.45) is -1.97. The summed E-state index contributed by atoms with van der Waals surface area (Å²) in [7, 11) is 0. The van der Waals surface area contributed by atoms with E-state index in [2.05, 4.69) is 4.74 Å². The topological polar surface area (TPSA) is 55.6 Å². The number of likely N-dealkylation sites (tertiary alicyclic amines) is 1. The van der Waals surface area contributed by atoms with Crippen molar-refractivity contribution in [1.29, 1.82) is 0 Å². The lowest BCUT2D eigenvalue weighted by atomic mass is 10.1. The number of hydrogen-bond acceptors (Lipinski definition) is 3. The molecule has 1 amide bonds. The quantitative estimate of drug-likeness (QED) is 0.932. The highest BCUT2D eigenvalue weighted by Crippen LogP contribution is 2.21. The van der Waals surface area contributed by atoms with E-state index in [9.17, 15) is 18.0 Å². The number of hydrogen-bond donors (Lipinski definition) is 1. The van der Waals surface area contributed by atoms with E-state index in [0.29, 0.717) is 18.7 Å². The Morgan fingerprint density at radius 3 is 2.82 bits per heavy atom. The van der Waals surface area contributed by atoms with Crippen LogP contribution < -0.4 is 10.5 Å². The number of nitrogens with zero attached hydrogens (tertiary/aromatic N) is 1. The summed E-state index contributed by atoms with van der Waals surface area (Å²) in [6.45, 7) is -0.197. The first-order chi connectivity index (χ1) is 10.3. The summed E-state index contributed by atoms with van der Waals surface area (Å²) in [5.74, 6) is -0.166. The monoisotopic (exact) mass is 316 g/mol. The Labute approximate surface area is 127 Å². The summed E-state index contributed by atoms with van der Waals surface area (Å²) in [5.41, 5.74) is 6.20. The number of amides is 1. The van der Waals surface area contributed by atoms with Gasteiger partial charge in [0.05, 0.1) is 0 Å². The van der Waals surface area contributed by atoms with Crippen LogP contribution in [0.1, 0.15) is 29.6 Å². The van der Waals surface area contributed by atoms with Crippen molar-refractivity contribution in [3.63, 3.8) is 0 Å². The third kappa shape index (κ3) is 4.91. The first kappa shape index (κ1) is 16.6. The molecule has 0 spiro atoms. The molecule has 0 aliphatic carbocycles. The second-order valence-electron chi connectivity index (χ2n) is 5.41. The van der Waals surface area contributed by atoms with Crippen molar-refractivity contribution in [3.05, 3.63) is 29.8 Å². The minimum atomic E-state index is -4.40. The molecule has 0 saturated carbocycles. The lowest BCUT2D eigenvalue weighted by Gasteiger charge is -2.20. The molecular formula is C15H19F3N2O2. The lowest BCUT2D eigenvalue weighted by Crippen LogP contribution is -2.32. The molecule has 1 saturated heterocycles. The molecule has 2 N–H and O–H groups in total. The van der Waals surface area contributed by atoms with E-state index in [1.807, 2.05) is 0 Å². The van der Waals surface area contributed by atoms with E-state index < -0.39 is 12.8 Å². The van der Waals surface area contributed by atoms with Crippen LogP contribution in [0.5, 0.6) is 5.75 Å². The number of nitrogens with two attached hydrogens (primary N) is 1. The molecule has 1 fully saturated rings. The van der Waals surface area contributed by atoms with Gasteiger partial charge in [0.15, 0.2) is 6.61 Å². The third-order valence-electron chi connectivity index (χ3n) is 3.54. The largest absolute Gasteiger partial charge is 0.484 e. The van der Waals surface area contributed by atoms with Gasteiger partial charge in [0.2, 0.25) is 0 Å². The zero-order chi connectivity index (χ0) is 16.2. The second-order valence-corrected chi connectivity index (χ2v) is 5.41. The fourth-order valence-electron chi connectivity index (χ4n) is 2.39. The van der Waals surface area contributed by atoms with Gasteiger partial charge in [0, 0.05) is 24.7 Å². The van der Waals surface area contributed by atoms with Gasteiger partial charge in [-0.1, -0.05) is 6.07 Å². The molecule has 1 aliphatic rings. The van der Waals surface area contributed by atoms with Crippen LogP contribution in [0.3, 0.4) is 0 Å². The van der Waals surface area contributed by atoms with Gasteiger partial charge in [-0.2, -0.15) is 13.2 Å². The SMILES string of the molecule is NC1CCCN(C(=O)c2cccc(OCC(F)(F)F)c2)CC1. The number of carbonyl (C=O) groups is 1. The fraction of sp³-hybridized carbons (Fsp3) is 0.533. The molecule has 0 radical (unpaired) electrons.